The minimum Gasteiger partial charge on any atom is -0.396 e. The van der Waals surface area contributed by atoms with Crippen molar-refractivity contribution in [3.05, 3.63) is 23.9 Å². The first-order valence-electron chi connectivity index (χ1n) is 7.33. The number of pyridine rings is 1. The molecule has 2 saturated heterocycles. The summed E-state index contributed by atoms with van der Waals surface area (Å²) < 4.78 is 0. The van der Waals surface area contributed by atoms with E-state index in [0.29, 0.717) is 18.8 Å². The number of nitrogens with zero attached hydrogens (tertiary/aromatic N) is 2. The summed E-state index contributed by atoms with van der Waals surface area (Å²) in [5.41, 5.74) is 0.849. The number of aliphatic hydroxyl groups excluding tert-OH is 1. The van der Waals surface area contributed by atoms with Crippen LogP contribution in [0.15, 0.2) is 18.3 Å². The average molecular weight is 289 g/mol. The number of nitrogens with one attached hydrogen (secondary N) is 1. The second-order valence-corrected chi connectivity index (χ2v) is 5.74. The van der Waals surface area contributed by atoms with Crippen LogP contribution in [-0.2, 0) is 9.59 Å². The maximum atomic E-state index is 11.8. The molecule has 2 aliphatic rings. The van der Waals surface area contributed by atoms with Crippen molar-refractivity contribution in [2.75, 3.05) is 24.6 Å². The lowest BCUT2D eigenvalue weighted by Crippen LogP contribution is -2.39. The van der Waals surface area contributed by atoms with Gasteiger partial charge in [-0.2, -0.15) is 0 Å². The van der Waals surface area contributed by atoms with Gasteiger partial charge in [0.25, 0.3) is 0 Å². The molecule has 1 aromatic rings. The van der Waals surface area contributed by atoms with Crippen LogP contribution in [0.1, 0.15) is 30.7 Å². The Labute approximate surface area is 123 Å². The molecule has 2 amide bonds. The molecular weight excluding hydrogens is 270 g/mol. The first-order chi connectivity index (χ1) is 10.2. The molecule has 0 aliphatic carbocycles. The smallest absolute Gasteiger partial charge is 0.234 e. The Morgan fingerprint density at radius 3 is 2.81 bits per heavy atom. The molecule has 0 saturated carbocycles. The lowest BCUT2D eigenvalue weighted by molar-refractivity contribution is -0.134. The molecule has 0 aromatic carbocycles. The number of piperidine rings is 1. The van der Waals surface area contributed by atoms with Crippen molar-refractivity contribution in [1.82, 2.24) is 10.3 Å². The highest BCUT2D eigenvalue weighted by Crippen LogP contribution is 2.27. The largest absolute Gasteiger partial charge is 0.396 e. The number of carbonyl (C=O) groups excluding carboxylic acids is 2. The zero-order chi connectivity index (χ0) is 14.8. The topological polar surface area (TPSA) is 82.5 Å². The number of imide groups is 1. The first kappa shape index (κ1) is 14.0. The molecule has 0 bridgehead atoms. The fourth-order valence-electron chi connectivity index (χ4n) is 2.99. The van der Waals surface area contributed by atoms with Crippen LogP contribution in [0.25, 0.3) is 0 Å². The quantitative estimate of drug-likeness (QED) is 0.788. The van der Waals surface area contributed by atoms with Crippen molar-refractivity contribution >= 4 is 17.6 Å². The van der Waals surface area contributed by atoms with E-state index in [1.165, 1.54) is 0 Å². The van der Waals surface area contributed by atoms with Crippen molar-refractivity contribution in [3.63, 3.8) is 0 Å². The van der Waals surface area contributed by atoms with Gasteiger partial charge in [-0.3, -0.25) is 14.9 Å². The van der Waals surface area contributed by atoms with Crippen LogP contribution in [0.2, 0.25) is 0 Å². The van der Waals surface area contributed by atoms with Gasteiger partial charge in [0.1, 0.15) is 5.82 Å². The van der Waals surface area contributed by atoms with E-state index in [4.69, 9.17) is 0 Å². The maximum Gasteiger partial charge on any atom is 0.234 e. The summed E-state index contributed by atoms with van der Waals surface area (Å²) in [6.45, 7) is 1.93. The van der Waals surface area contributed by atoms with E-state index in [2.05, 4.69) is 15.2 Å². The summed E-state index contributed by atoms with van der Waals surface area (Å²) in [6.07, 6.45) is 3.62. The van der Waals surface area contributed by atoms with Crippen LogP contribution < -0.4 is 10.2 Å². The van der Waals surface area contributed by atoms with E-state index in [1.807, 2.05) is 12.1 Å². The van der Waals surface area contributed by atoms with E-state index >= 15 is 0 Å². The second-order valence-electron chi connectivity index (χ2n) is 5.74. The van der Waals surface area contributed by atoms with Crippen molar-refractivity contribution < 1.29 is 14.7 Å². The normalized spacial score (nSPS) is 26.0. The zero-order valence-corrected chi connectivity index (χ0v) is 11.8. The van der Waals surface area contributed by atoms with Crippen LogP contribution in [0.4, 0.5) is 5.82 Å². The Morgan fingerprint density at radius 2 is 2.19 bits per heavy atom. The third kappa shape index (κ3) is 2.90. The highest BCUT2D eigenvalue weighted by molar-refractivity contribution is 6.00. The van der Waals surface area contributed by atoms with Gasteiger partial charge in [0.15, 0.2) is 0 Å². The highest BCUT2D eigenvalue weighted by Gasteiger charge is 2.28. The summed E-state index contributed by atoms with van der Waals surface area (Å²) in [7, 11) is 0. The molecule has 2 atom stereocenters. The minimum atomic E-state index is -0.284. The number of rotatable bonds is 3. The van der Waals surface area contributed by atoms with Gasteiger partial charge in [0.05, 0.1) is 5.92 Å². The summed E-state index contributed by atoms with van der Waals surface area (Å²) in [6, 6.07) is 3.83. The Bertz CT molecular complexity index is 544. The number of hydrogen-bond donors (Lipinski definition) is 2. The molecule has 0 radical (unpaired) electrons. The lowest BCUT2D eigenvalue weighted by Gasteiger charge is -2.22. The van der Waals surface area contributed by atoms with Crippen molar-refractivity contribution in [3.8, 4) is 0 Å². The predicted molar refractivity (Wildman–Crippen MR) is 76.8 cm³/mol. The Morgan fingerprint density at radius 1 is 1.33 bits per heavy atom. The summed E-state index contributed by atoms with van der Waals surface area (Å²) in [4.78, 5) is 29.6. The van der Waals surface area contributed by atoms with Crippen LogP contribution >= 0.6 is 0 Å². The number of amides is 2. The standard InChI is InChI=1S/C15H19N3O3/c19-9-10-5-6-18(8-10)13-3-1-11(7-16-13)12-2-4-14(20)17-15(12)21/h1,3,7,10,12,19H,2,4-6,8-9H2,(H,17,20,21). The molecular formula is C15H19N3O3. The molecule has 21 heavy (non-hydrogen) atoms. The SMILES string of the molecule is O=C1CCC(c2ccc(N3CCC(CO)C3)nc2)C(=O)N1. The molecule has 6 heteroatoms. The van der Waals surface area contributed by atoms with E-state index in [-0.39, 0.29) is 24.3 Å². The first-order valence-corrected chi connectivity index (χ1v) is 7.33. The molecule has 2 fully saturated rings. The van der Waals surface area contributed by atoms with Crippen LogP contribution in [0.3, 0.4) is 0 Å². The molecule has 0 spiro atoms. The van der Waals surface area contributed by atoms with Crippen LogP contribution in [0.5, 0.6) is 0 Å². The maximum absolute atomic E-state index is 11.8. The fourth-order valence-corrected chi connectivity index (χ4v) is 2.99. The number of hydrogen-bond acceptors (Lipinski definition) is 5. The molecule has 2 unspecified atom stereocenters. The Balaban J connectivity index is 1.70. The lowest BCUT2D eigenvalue weighted by atomic mass is 9.92. The van der Waals surface area contributed by atoms with Gasteiger partial charge in [0.2, 0.25) is 11.8 Å². The fraction of sp³-hybridized carbons (Fsp3) is 0.533. The average Bonchev–Trinajstić information content (AvgIpc) is 2.96. The number of carbonyl (C=O) groups is 2. The molecule has 3 rings (SSSR count). The highest BCUT2D eigenvalue weighted by atomic mass is 16.3. The van der Waals surface area contributed by atoms with Gasteiger partial charge in [0, 0.05) is 38.2 Å². The van der Waals surface area contributed by atoms with Crippen molar-refractivity contribution in [2.45, 2.75) is 25.2 Å². The van der Waals surface area contributed by atoms with Crippen LogP contribution in [-0.4, -0.2) is 41.6 Å². The Hall–Kier alpha value is -1.95. The Kier molecular flexibility index (Phi) is 3.88. The summed E-state index contributed by atoms with van der Waals surface area (Å²) >= 11 is 0. The molecule has 2 N–H and O–H groups in total. The van der Waals surface area contributed by atoms with Gasteiger partial charge in [-0.05, 0) is 24.5 Å². The van der Waals surface area contributed by atoms with Gasteiger partial charge in [-0.25, -0.2) is 4.98 Å². The van der Waals surface area contributed by atoms with Crippen molar-refractivity contribution in [2.24, 2.45) is 5.92 Å². The number of aromatic nitrogens is 1. The van der Waals surface area contributed by atoms with Gasteiger partial charge in [-0.15, -0.1) is 0 Å². The predicted octanol–water partition coefficient (Wildman–Crippen LogP) is 0.420. The molecule has 1 aromatic heterocycles. The van der Waals surface area contributed by atoms with Crippen molar-refractivity contribution in [1.29, 1.82) is 0 Å². The van der Waals surface area contributed by atoms with Gasteiger partial charge < -0.3 is 10.0 Å². The molecule has 2 aliphatic heterocycles. The molecule has 112 valence electrons. The van der Waals surface area contributed by atoms with E-state index in [1.54, 1.807) is 6.20 Å². The van der Waals surface area contributed by atoms with E-state index < -0.39 is 0 Å². The monoisotopic (exact) mass is 289 g/mol. The second kappa shape index (κ2) is 5.81. The van der Waals surface area contributed by atoms with Gasteiger partial charge in [-0.1, -0.05) is 6.07 Å². The van der Waals surface area contributed by atoms with Crippen LogP contribution in [0, 0.1) is 5.92 Å². The summed E-state index contributed by atoms with van der Waals surface area (Å²) in [5, 5.41) is 11.5. The summed E-state index contributed by atoms with van der Waals surface area (Å²) in [5.74, 6) is 0.479. The van der Waals surface area contributed by atoms with E-state index in [0.717, 1.165) is 30.9 Å². The third-order valence-electron chi connectivity index (χ3n) is 4.28. The van der Waals surface area contributed by atoms with E-state index in [9.17, 15) is 14.7 Å². The zero-order valence-electron chi connectivity index (χ0n) is 11.8. The third-order valence-corrected chi connectivity index (χ3v) is 4.28. The number of aliphatic hydroxyl groups is 1. The molecule has 6 nitrogen and oxygen atoms in total. The number of anilines is 1. The molecule has 3 heterocycles. The van der Waals surface area contributed by atoms with Gasteiger partial charge >= 0.3 is 0 Å². The minimum absolute atomic E-state index is 0.201.